The summed E-state index contributed by atoms with van der Waals surface area (Å²) in [5.74, 6) is 0. The van der Waals surface area contributed by atoms with Gasteiger partial charge in [0, 0.05) is 0 Å². The maximum absolute atomic E-state index is 10.7. The van der Waals surface area contributed by atoms with E-state index in [2.05, 4.69) is 13.8 Å². The van der Waals surface area contributed by atoms with Gasteiger partial charge in [0.1, 0.15) is 5.60 Å². The van der Waals surface area contributed by atoms with E-state index >= 15 is 0 Å². The van der Waals surface area contributed by atoms with Crippen LogP contribution in [0, 0.1) is 0 Å². The molecule has 0 aromatic heterocycles. The van der Waals surface area contributed by atoms with Gasteiger partial charge in [-0.25, -0.2) is 0 Å². The molecule has 2 unspecified atom stereocenters. The van der Waals surface area contributed by atoms with Gasteiger partial charge in [0.2, 0.25) is 0 Å². The minimum absolute atomic E-state index is 0.0512. The Morgan fingerprint density at radius 1 is 1.42 bits per heavy atom. The van der Waals surface area contributed by atoms with E-state index in [-0.39, 0.29) is 5.60 Å². The van der Waals surface area contributed by atoms with Crippen LogP contribution in [0.3, 0.4) is 0 Å². The van der Waals surface area contributed by atoms with E-state index in [0.717, 1.165) is 32.0 Å². The lowest BCUT2D eigenvalue weighted by Crippen LogP contribution is -2.32. The summed E-state index contributed by atoms with van der Waals surface area (Å²) in [4.78, 5) is 10.7. The molecule has 0 saturated carbocycles. The normalized spacial score (nSPS) is 41.6. The van der Waals surface area contributed by atoms with Gasteiger partial charge < -0.3 is 9.53 Å². The minimum Gasteiger partial charge on any atom is -0.362 e. The average molecular weight is 170 g/mol. The molecule has 1 fully saturated rings. The molecular formula is C10H18O2. The van der Waals surface area contributed by atoms with E-state index in [1.807, 2.05) is 6.92 Å². The maximum Gasteiger partial charge on any atom is 0.151 e. The van der Waals surface area contributed by atoms with Crippen LogP contribution < -0.4 is 0 Å². The van der Waals surface area contributed by atoms with Gasteiger partial charge in [0.25, 0.3) is 0 Å². The lowest BCUT2D eigenvalue weighted by atomic mass is 9.95. The molecule has 1 saturated heterocycles. The topological polar surface area (TPSA) is 26.3 Å². The molecule has 0 aromatic carbocycles. The fourth-order valence-corrected chi connectivity index (χ4v) is 1.97. The summed E-state index contributed by atoms with van der Waals surface area (Å²) in [5.41, 5.74) is -0.561. The van der Waals surface area contributed by atoms with Crippen LogP contribution in [-0.4, -0.2) is 17.5 Å². The Hall–Kier alpha value is -0.370. The molecule has 0 aliphatic carbocycles. The fraction of sp³-hybridized carbons (Fsp3) is 0.900. The van der Waals surface area contributed by atoms with E-state index in [1.165, 1.54) is 0 Å². The zero-order chi connectivity index (χ0) is 9.24. The van der Waals surface area contributed by atoms with E-state index in [4.69, 9.17) is 4.74 Å². The SMILES string of the molecule is CCCC1(C)CCC(C)(C=O)O1. The van der Waals surface area contributed by atoms with Crippen molar-refractivity contribution in [2.45, 2.75) is 57.7 Å². The highest BCUT2D eigenvalue weighted by molar-refractivity contribution is 5.62. The first kappa shape index (κ1) is 9.72. The van der Waals surface area contributed by atoms with Crippen LogP contribution in [0.1, 0.15) is 46.5 Å². The molecule has 2 nitrogen and oxygen atoms in total. The highest BCUT2D eigenvalue weighted by Gasteiger charge is 2.42. The number of carbonyl (C=O) groups is 1. The van der Waals surface area contributed by atoms with Crippen LogP contribution in [0.4, 0.5) is 0 Å². The monoisotopic (exact) mass is 170 g/mol. The molecule has 0 bridgehead atoms. The molecular weight excluding hydrogens is 152 g/mol. The van der Waals surface area contributed by atoms with Gasteiger partial charge in [-0.05, 0) is 33.1 Å². The first-order chi connectivity index (χ1) is 5.54. The molecule has 2 heteroatoms. The number of aldehydes is 1. The van der Waals surface area contributed by atoms with Gasteiger partial charge >= 0.3 is 0 Å². The maximum atomic E-state index is 10.7. The summed E-state index contributed by atoms with van der Waals surface area (Å²) in [6, 6.07) is 0. The van der Waals surface area contributed by atoms with Gasteiger partial charge in [-0.15, -0.1) is 0 Å². The lowest BCUT2D eigenvalue weighted by molar-refractivity contribution is -0.136. The standard InChI is InChI=1S/C10H18O2/c1-4-5-9(2)6-7-10(3,8-11)12-9/h8H,4-7H2,1-3H3. The van der Waals surface area contributed by atoms with Crippen LogP contribution in [0.15, 0.2) is 0 Å². The van der Waals surface area contributed by atoms with E-state index in [1.54, 1.807) is 0 Å². The van der Waals surface area contributed by atoms with Crippen molar-refractivity contribution in [2.24, 2.45) is 0 Å². The van der Waals surface area contributed by atoms with Crippen LogP contribution in [0.25, 0.3) is 0 Å². The molecule has 70 valence electrons. The smallest absolute Gasteiger partial charge is 0.151 e. The minimum atomic E-state index is -0.510. The van der Waals surface area contributed by atoms with Crippen LogP contribution in [0.2, 0.25) is 0 Å². The van der Waals surface area contributed by atoms with E-state index in [0.29, 0.717) is 0 Å². The van der Waals surface area contributed by atoms with Gasteiger partial charge in [0.15, 0.2) is 6.29 Å². The summed E-state index contributed by atoms with van der Waals surface area (Å²) in [6.07, 6.45) is 4.98. The molecule has 0 aromatic rings. The predicted octanol–water partition coefficient (Wildman–Crippen LogP) is 2.31. The quantitative estimate of drug-likeness (QED) is 0.607. The molecule has 0 radical (unpaired) electrons. The van der Waals surface area contributed by atoms with Gasteiger partial charge in [-0.1, -0.05) is 13.3 Å². The summed E-state index contributed by atoms with van der Waals surface area (Å²) < 4.78 is 5.76. The molecule has 0 N–H and O–H groups in total. The third kappa shape index (κ3) is 1.86. The molecule has 1 rings (SSSR count). The molecule has 12 heavy (non-hydrogen) atoms. The van der Waals surface area contributed by atoms with Crippen LogP contribution >= 0.6 is 0 Å². The third-order valence-corrected chi connectivity index (χ3v) is 2.66. The Balaban J connectivity index is 2.59. The Kier molecular flexibility index (Phi) is 2.57. The van der Waals surface area contributed by atoms with Crippen LogP contribution in [0.5, 0.6) is 0 Å². The molecule has 0 spiro atoms. The summed E-state index contributed by atoms with van der Waals surface area (Å²) in [5, 5.41) is 0. The van der Waals surface area contributed by atoms with E-state index < -0.39 is 5.60 Å². The first-order valence-corrected chi connectivity index (χ1v) is 4.70. The van der Waals surface area contributed by atoms with Crippen molar-refractivity contribution in [1.82, 2.24) is 0 Å². The Morgan fingerprint density at radius 2 is 2.08 bits per heavy atom. The van der Waals surface area contributed by atoms with Crippen LogP contribution in [-0.2, 0) is 9.53 Å². The first-order valence-electron chi connectivity index (χ1n) is 4.70. The number of ether oxygens (including phenoxy) is 1. The zero-order valence-electron chi connectivity index (χ0n) is 8.22. The summed E-state index contributed by atoms with van der Waals surface area (Å²) >= 11 is 0. The summed E-state index contributed by atoms with van der Waals surface area (Å²) in [7, 11) is 0. The van der Waals surface area contributed by atoms with Crippen molar-refractivity contribution in [1.29, 1.82) is 0 Å². The highest BCUT2D eigenvalue weighted by Crippen LogP contribution is 2.38. The fourth-order valence-electron chi connectivity index (χ4n) is 1.97. The van der Waals surface area contributed by atoms with Gasteiger partial charge in [0.05, 0.1) is 5.60 Å². The Labute approximate surface area is 74.3 Å². The largest absolute Gasteiger partial charge is 0.362 e. The number of rotatable bonds is 3. The lowest BCUT2D eigenvalue weighted by Gasteiger charge is -2.26. The van der Waals surface area contributed by atoms with Crippen molar-refractivity contribution in [2.75, 3.05) is 0 Å². The molecule has 1 aliphatic rings. The molecule has 2 atom stereocenters. The number of carbonyl (C=O) groups excluding carboxylic acids is 1. The van der Waals surface area contributed by atoms with Crippen molar-refractivity contribution < 1.29 is 9.53 Å². The second-order valence-electron chi connectivity index (χ2n) is 4.23. The van der Waals surface area contributed by atoms with Crippen molar-refractivity contribution in [3.8, 4) is 0 Å². The molecule has 0 amide bonds. The van der Waals surface area contributed by atoms with Crippen molar-refractivity contribution >= 4 is 6.29 Å². The number of hydrogen-bond acceptors (Lipinski definition) is 2. The predicted molar refractivity (Wildman–Crippen MR) is 48.1 cm³/mol. The molecule has 1 heterocycles. The summed E-state index contributed by atoms with van der Waals surface area (Å²) in [6.45, 7) is 6.12. The van der Waals surface area contributed by atoms with E-state index in [9.17, 15) is 4.79 Å². The Bertz CT molecular complexity index is 179. The highest BCUT2D eigenvalue weighted by atomic mass is 16.5. The molecule has 1 aliphatic heterocycles. The third-order valence-electron chi connectivity index (χ3n) is 2.66. The number of hydrogen-bond donors (Lipinski definition) is 0. The average Bonchev–Trinajstić information content (AvgIpc) is 2.30. The zero-order valence-corrected chi connectivity index (χ0v) is 8.22. The second-order valence-corrected chi connectivity index (χ2v) is 4.23. The van der Waals surface area contributed by atoms with Gasteiger partial charge in [-0.2, -0.15) is 0 Å². The van der Waals surface area contributed by atoms with Crippen molar-refractivity contribution in [3.05, 3.63) is 0 Å². The van der Waals surface area contributed by atoms with Crippen molar-refractivity contribution in [3.63, 3.8) is 0 Å². The Morgan fingerprint density at radius 3 is 2.50 bits per heavy atom. The second kappa shape index (κ2) is 3.17. The van der Waals surface area contributed by atoms with Gasteiger partial charge in [-0.3, -0.25) is 0 Å².